The number of hydrogen-bond acceptors (Lipinski definition) is 8. The number of sulfone groups is 1. The van der Waals surface area contributed by atoms with Crippen LogP contribution in [0.25, 0.3) is 11.5 Å². The molecule has 164 valence electrons. The molecule has 0 unspecified atom stereocenters. The van der Waals surface area contributed by atoms with Crippen LogP contribution in [0, 0.1) is 0 Å². The van der Waals surface area contributed by atoms with Gasteiger partial charge in [-0.2, -0.15) is 4.98 Å². The van der Waals surface area contributed by atoms with Crippen LogP contribution < -0.4 is 19.5 Å². The Bertz CT molecular complexity index is 1170. The average Bonchev–Trinajstić information content (AvgIpc) is 3.24. The first-order valence-electron chi connectivity index (χ1n) is 10.1. The lowest BCUT2D eigenvalue weighted by Crippen LogP contribution is -2.16. The first-order valence-corrected chi connectivity index (χ1v) is 11.5. The Morgan fingerprint density at radius 1 is 1.10 bits per heavy atom. The summed E-state index contributed by atoms with van der Waals surface area (Å²) in [6.45, 7) is 3.41. The van der Waals surface area contributed by atoms with Gasteiger partial charge in [-0.15, -0.1) is 0 Å². The first kappa shape index (κ1) is 21.0. The van der Waals surface area contributed by atoms with Crippen molar-refractivity contribution in [3.8, 4) is 28.7 Å². The van der Waals surface area contributed by atoms with Crippen LogP contribution in [0.15, 0.2) is 56.8 Å². The number of rotatable bonds is 8. The molecule has 2 heterocycles. The highest BCUT2D eigenvalue weighted by Gasteiger charge is 2.30. The SMILES string of the molecule is CCCCNc1oc(-c2cccc(OC)c2)nc1S(=O)(=O)c1ccc2c(c1)OCCO2. The fourth-order valence-corrected chi connectivity index (χ4v) is 4.45. The summed E-state index contributed by atoms with van der Waals surface area (Å²) >= 11 is 0. The minimum atomic E-state index is -3.98. The van der Waals surface area contributed by atoms with Crippen molar-refractivity contribution in [2.45, 2.75) is 29.7 Å². The van der Waals surface area contributed by atoms with Gasteiger partial charge in [0.2, 0.25) is 26.6 Å². The summed E-state index contributed by atoms with van der Waals surface area (Å²) in [5, 5.41) is 2.91. The first-order chi connectivity index (χ1) is 15.0. The quantitative estimate of drug-likeness (QED) is 0.517. The van der Waals surface area contributed by atoms with Crippen molar-refractivity contribution in [1.29, 1.82) is 0 Å². The molecule has 1 aliphatic heterocycles. The average molecular weight is 445 g/mol. The lowest BCUT2D eigenvalue weighted by Gasteiger charge is -2.18. The molecule has 8 nitrogen and oxygen atoms in total. The smallest absolute Gasteiger partial charge is 0.233 e. The van der Waals surface area contributed by atoms with Crippen LogP contribution in [0.3, 0.4) is 0 Å². The maximum atomic E-state index is 13.5. The number of ether oxygens (including phenoxy) is 3. The van der Waals surface area contributed by atoms with Crippen LogP contribution in [0.1, 0.15) is 19.8 Å². The number of unbranched alkanes of at least 4 members (excludes halogenated alkanes) is 1. The van der Waals surface area contributed by atoms with E-state index in [0.29, 0.717) is 42.6 Å². The van der Waals surface area contributed by atoms with E-state index in [1.807, 2.05) is 0 Å². The van der Waals surface area contributed by atoms with E-state index in [4.69, 9.17) is 18.6 Å². The molecule has 0 amide bonds. The summed E-state index contributed by atoms with van der Waals surface area (Å²) in [5.41, 5.74) is 0.613. The monoisotopic (exact) mass is 444 g/mol. The molecule has 1 N–H and O–H groups in total. The van der Waals surface area contributed by atoms with Gasteiger partial charge in [0, 0.05) is 18.2 Å². The van der Waals surface area contributed by atoms with Crippen molar-refractivity contribution < 1.29 is 27.0 Å². The van der Waals surface area contributed by atoms with E-state index in [2.05, 4.69) is 17.2 Å². The van der Waals surface area contributed by atoms with E-state index in [9.17, 15) is 8.42 Å². The Morgan fingerprint density at radius 2 is 1.90 bits per heavy atom. The fourth-order valence-electron chi connectivity index (χ4n) is 3.16. The second-order valence-corrected chi connectivity index (χ2v) is 8.84. The zero-order valence-electron chi connectivity index (χ0n) is 17.4. The van der Waals surface area contributed by atoms with E-state index in [1.54, 1.807) is 37.4 Å². The lowest BCUT2D eigenvalue weighted by molar-refractivity contribution is 0.171. The van der Waals surface area contributed by atoms with Crippen LogP contribution in [0.4, 0.5) is 5.88 Å². The Hall–Kier alpha value is -3.20. The highest BCUT2D eigenvalue weighted by Crippen LogP contribution is 2.37. The lowest BCUT2D eigenvalue weighted by atomic mass is 10.2. The van der Waals surface area contributed by atoms with Gasteiger partial charge < -0.3 is 23.9 Å². The second kappa shape index (κ2) is 8.89. The van der Waals surface area contributed by atoms with E-state index in [1.165, 1.54) is 12.1 Å². The summed E-state index contributed by atoms with van der Waals surface area (Å²) < 4.78 is 49.1. The molecule has 1 aliphatic rings. The van der Waals surface area contributed by atoms with E-state index in [-0.39, 0.29) is 21.7 Å². The van der Waals surface area contributed by atoms with Crippen LogP contribution in [-0.4, -0.2) is 40.3 Å². The Balaban J connectivity index is 1.76. The van der Waals surface area contributed by atoms with Crippen molar-refractivity contribution in [3.63, 3.8) is 0 Å². The molecule has 0 fully saturated rings. The van der Waals surface area contributed by atoms with Gasteiger partial charge in [0.05, 0.1) is 12.0 Å². The second-order valence-electron chi connectivity index (χ2n) is 6.97. The number of nitrogens with one attached hydrogen (secondary N) is 1. The molecule has 0 atom stereocenters. The van der Waals surface area contributed by atoms with E-state index in [0.717, 1.165) is 12.8 Å². The topological polar surface area (TPSA) is 99.9 Å². The number of oxazole rings is 1. The third-order valence-electron chi connectivity index (χ3n) is 4.81. The summed E-state index contributed by atoms with van der Waals surface area (Å²) in [6.07, 6.45) is 1.81. The molecule has 0 saturated heterocycles. The molecule has 3 aromatic rings. The van der Waals surface area contributed by atoms with E-state index < -0.39 is 9.84 Å². The summed E-state index contributed by atoms with van der Waals surface area (Å²) in [5.74, 6) is 1.83. The Kier molecular flexibility index (Phi) is 6.03. The van der Waals surface area contributed by atoms with Crippen LogP contribution in [0.5, 0.6) is 17.2 Å². The Labute approximate surface area is 181 Å². The zero-order chi connectivity index (χ0) is 21.8. The molecule has 1 aromatic heterocycles. The number of hydrogen-bond donors (Lipinski definition) is 1. The summed E-state index contributed by atoms with van der Waals surface area (Å²) in [7, 11) is -2.42. The third kappa shape index (κ3) is 4.32. The number of methoxy groups -OCH3 is 1. The Morgan fingerprint density at radius 3 is 2.68 bits per heavy atom. The number of aromatic nitrogens is 1. The number of benzene rings is 2. The zero-order valence-corrected chi connectivity index (χ0v) is 18.2. The van der Waals surface area contributed by atoms with Gasteiger partial charge in [0.15, 0.2) is 11.5 Å². The van der Waals surface area contributed by atoms with Gasteiger partial charge in [-0.1, -0.05) is 19.4 Å². The predicted octanol–water partition coefficient (Wildman–Crippen LogP) is 4.17. The number of nitrogens with zero attached hydrogens (tertiary/aromatic N) is 1. The molecule has 2 aromatic carbocycles. The molecule has 9 heteroatoms. The maximum absolute atomic E-state index is 13.5. The summed E-state index contributed by atoms with van der Waals surface area (Å²) in [4.78, 5) is 4.41. The fraction of sp³-hybridized carbons (Fsp3) is 0.318. The molecule has 0 saturated carbocycles. The maximum Gasteiger partial charge on any atom is 0.233 e. The highest BCUT2D eigenvalue weighted by molar-refractivity contribution is 7.91. The van der Waals surface area contributed by atoms with Crippen molar-refractivity contribution in [3.05, 3.63) is 42.5 Å². The van der Waals surface area contributed by atoms with Crippen molar-refractivity contribution in [1.82, 2.24) is 4.98 Å². The van der Waals surface area contributed by atoms with Crippen molar-refractivity contribution in [2.75, 3.05) is 32.2 Å². The van der Waals surface area contributed by atoms with Crippen LogP contribution in [-0.2, 0) is 9.84 Å². The molecule has 0 radical (unpaired) electrons. The minimum Gasteiger partial charge on any atom is -0.497 e. The van der Waals surface area contributed by atoms with Gasteiger partial charge in [0.25, 0.3) is 0 Å². The molecule has 0 bridgehead atoms. The standard InChI is InChI=1S/C22H24N2O6S/c1-3-4-10-23-21-22(24-20(30-21)15-6-5-7-16(13-15)27-2)31(25,26)17-8-9-18-19(14-17)29-12-11-28-18/h5-9,13-14,23H,3-4,10-12H2,1-2H3. The largest absolute Gasteiger partial charge is 0.497 e. The van der Waals surface area contributed by atoms with Gasteiger partial charge in [-0.25, -0.2) is 8.42 Å². The third-order valence-corrected chi connectivity index (χ3v) is 6.47. The molecular formula is C22H24N2O6S. The van der Waals surface area contributed by atoms with Gasteiger partial charge >= 0.3 is 0 Å². The van der Waals surface area contributed by atoms with Crippen molar-refractivity contribution >= 4 is 15.7 Å². The van der Waals surface area contributed by atoms with Crippen LogP contribution in [0.2, 0.25) is 0 Å². The van der Waals surface area contributed by atoms with Gasteiger partial charge in [-0.3, -0.25) is 0 Å². The minimum absolute atomic E-state index is 0.0563. The highest BCUT2D eigenvalue weighted by atomic mass is 32.2. The predicted molar refractivity (Wildman–Crippen MR) is 115 cm³/mol. The van der Waals surface area contributed by atoms with Crippen molar-refractivity contribution in [2.24, 2.45) is 0 Å². The molecular weight excluding hydrogens is 420 g/mol. The summed E-state index contributed by atoms with van der Waals surface area (Å²) in [6, 6.07) is 11.6. The molecule has 31 heavy (non-hydrogen) atoms. The molecule has 4 rings (SSSR count). The number of anilines is 1. The molecule has 0 spiro atoms. The number of fused-ring (bicyclic) bond motifs is 1. The normalized spacial score (nSPS) is 13.1. The van der Waals surface area contributed by atoms with E-state index >= 15 is 0 Å². The van der Waals surface area contributed by atoms with Crippen LogP contribution >= 0.6 is 0 Å². The van der Waals surface area contributed by atoms with Gasteiger partial charge in [0.1, 0.15) is 19.0 Å². The van der Waals surface area contributed by atoms with Gasteiger partial charge in [-0.05, 0) is 36.8 Å². The molecule has 0 aliphatic carbocycles.